The highest BCUT2D eigenvalue weighted by atomic mass is 32.1. The molecule has 4 heteroatoms. The Labute approximate surface area is 102 Å². The molecule has 0 aliphatic heterocycles. The Morgan fingerprint density at radius 1 is 1.31 bits per heavy atom. The van der Waals surface area contributed by atoms with E-state index in [0.717, 1.165) is 0 Å². The SMILES string of the molecule is Cc1ccc(CNC(=S)NCCO)c(C)c1. The average Bonchev–Trinajstić information content (AvgIpc) is 2.25. The largest absolute Gasteiger partial charge is 0.395 e. The van der Waals surface area contributed by atoms with Crippen LogP contribution in [-0.4, -0.2) is 23.4 Å². The van der Waals surface area contributed by atoms with Crippen molar-refractivity contribution in [2.24, 2.45) is 0 Å². The molecule has 0 amide bonds. The van der Waals surface area contributed by atoms with Crippen molar-refractivity contribution in [1.82, 2.24) is 10.6 Å². The van der Waals surface area contributed by atoms with E-state index in [1.807, 2.05) is 0 Å². The van der Waals surface area contributed by atoms with Gasteiger partial charge in [0.2, 0.25) is 0 Å². The van der Waals surface area contributed by atoms with E-state index in [2.05, 4.69) is 42.7 Å². The molecule has 0 aliphatic rings. The molecule has 0 unspecified atom stereocenters. The quantitative estimate of drug-likeness (QED) is 0.691. The second kappa shape index (κ2) is 6.45. The molecule has 16 heavy (non-hydrogen) atoms. The fourth-order valence-electron chi connectivity index (χ4n) is 1.45. The molecule has 3 N–H and O–H groups in total. The highest BCUT2D eigenvalue weighted by molar-refractivity contribution is 7.80. The highest BCUT2D eigenvalue weighted by Crippen LogP contribution is 2.09. The molecular formula is C12H18N2OS. The first kappa shape index (κ1) is 12.9. The van der Waals surface area contributed by atoms with Crippen LogP contribution in [0.5, 0.6) is 0 Å². The topological polar surface area (TPSA) is 44.3 Å². The molecule has 3 nitrogen and oxygen atoms in total. The van der Waals surface area contributed by atoms with Gasteiger partial charge < -0.3 is 15.7 Å². The van der Waals surface area contributed by atoms with Crippen LogP contribution in [-0.2, 0) is 6.54 Å². The third-order valence-corrected chi connectivity index (χ3v) is 2.62. The van der Waals surface area contributed by atoms with Gasteiger partial charge in [0.15, 0.2) is 5.11 Å². The van der Waals surface area contributed by atoms with Crippen molar-refractivity contribution in [3.05, 3.63) is 34.9 Å². The van der Waals surface area contributed by atoms with Crippen LogP contribution in [0, 0.1) is 13.8 Å². The molecule has 0 fully saturated rings. The van der Waals surface area contributed by atoms with Crippen molar-refractivity contribution in [3.8, 4) is 0 Å². The first-order valence-electron chi connectivity index (χ1n) is 5.32. The zero-order valence-corrected chi connectivity index (χ0v) is 10.5. The molecule has 0 aliphatic carbocycles. The van der Waals surface area contributed by atoms with E-state index >= 15 is 0 Å². The molecule has 0 heterocycles. The predicted molar refractivity (Wildman–Crippen MR) is 70.4 cm³/mol. The summed E-state index contributed by atoms with van der Waals surface area (Å²) in [5, 5.41) is 15.2. The van der Waals surface area contributed by atoms with E-state index in [0.29, 0.717) is 18.2 Å². The molecule has 88 valence electrons. The summed E-state index contributed by atoms with van der Waals surface area (Å²) in [5.74, 6) is 0. The first-order valence-corrected chi connectivity index (χ1v) is 5.73. The summed E-state index contributed by atoms with van der Waals surface area (Å²) in [5.41, 5.74) is 3.76. The van der Waals surface area contributed by atoms with Crippen LogP contribution in [0.1, 0.15) is 16.7 Å². The number of thiocarbonyl (C=S) groups is 1. The Morgan fingerprint density at radius 2 is 2.06 bits per heavy atom. The van der Waals surface area contributed by atoms with Gasteiger partial charge in [-0.15, -0.1) is 0 Å². The monoisotopic (exact) mass is 238 g/mol. The van der Waals surface area contributed by atoms with Crippen molar-refractivity contribution >= 4 is 17.3 Å². The predicted octanol–water partition coefficient (Wildman–Crippen LogP) is 1.26. The Balaban J connectivity index is 2.45. The number of nitrogens with one attached hydrogen (secondary N) is 2. The first-order chi connectivity index (χ1) is 7.63. The lowest BCUT2D eigenvalue weighted by Gasteiger charge is -2.11. The summed E-state index contributed by atoms with van der Waals surface area (Å²) in [6, 6.07) is 6.35. The minimum absolute atomic E-state index is 0.0887. The molecule has 0 bridgehead atoms. The van der Waals surface area contributed by atoms with Crippen LogP contribution in [0.25, 0.3) is 0 Å². The summed E-state index contributed by atoms with van der Waals surface area (Å²) < 4.78 is 0. The van der Waals surface area contributed by atoms with Crippen LogP contribution in [0.15, 0.2) is 18.2 Å². The molecular weight excluding hydrogens is 220 g/mol. The molecule has 0 radical (unpaired) electrons. The van der Waals surface area contributed by atoms with Crippen LogP contribution < -0.4 is 10.6 Å². The summed E-state index contributed by atoms with van der Waals surface area (Å²) in [6.45, 7) is 5.46. The van der Waals surface area contributed by atoms with Crippen molar-refractivity contribution < 1.29 is 5.11 Å². The number of hydrogen-bond donors (Lipinski definition) is 3. The van der Waals surface area contributed by atoms with Gasteiger partial charge in [0.05, 0.1) is 6.61 Å². The Hall–Kier alpha value is -1.13. The lowest BCUT2D eigenvalue weighted by Crippen LogP contribution is -2.36. The zero-order valence-electron chi connectivity index (χ0n) is 9.71. The summed E-state index contributed by atoms with van der Waals surface area (Å²) >= 11 is 5.05. The normalized spacial score (nSPS) is 9.94. The van der Waals surface area contributed by atoms with E-state index in [4.69, 9.17) is 17.3 Å². The summed E-state index contributed by atoms with van der Waals surface area (Å²) in [6.07, 6.45) is 0. The van der Waals surface area contributed by atoms with Crippen molar-refractivity contribution in [2.45, 2.75) is 20.4 Å². The molecule has 0 aromatic heterocycles. The number of aryl methyl sites for hydroxylation is 2. The number of benzene rings is 1. The molecule has 1 aromatic rings. The maximum atomic E-state index is 8.63. The lowest BCUT2D eigenvalue weighted by atomic mass is 10.1. The summed E-state index contributed by atoms with van der Waals surface area (Å²) in [7, 11) is 0. The number of hydrogen-bond acceptors (Lipinski definition) is 2. The van der Waals surface area contributed by atoms with Gasteiger partial charge in [-0.05, 0) is 37.2 Å². The number of aliphatic hydroxyl groups is 1. The van der Waals surface area contributed by atoms with Crippen molar-refractivity contribution in [2.75, 3.05) is 13.2 Å². The van der Waals surface area contributed by atoms with Crippen LogP contribution in [0.3, 0.4) is 0 Å². The van der Waals surface area contributed by atoms with E-state index in [1.165, 1.54) is 16.7 Å². The van der Waals surface area contributed by atoms with Gasteiger partial charge in [0, 0.05) is 13.1 Å². The molecule has 0 saturated carbocycles. The number of rotatable bonds is 4. The third-order valence-electron chi connectivity index (χ3n) is 2.33. The second-order valence-electron chi connectivity index (χ2n) is 3.76. The second-order valence-corrected chi connectivity index (χ2v) is 4.17. The van der Waals surface area contributed by atoms with E-state index in [9.17, 15) is 0 Å². The highest BCUT2D eigenvalue weighted by Gasteiger charge is 1.99. The fraction of sp³-hybridized carbons (Fsp3) is 0.417. The smallest absolute Gasteiger partial charge is 0.166 e. The fourth-order valence-corrected chi connectivity index (χ4v) is 1.63. The van der Waals surface area contributed by atoms with Gasteiger partial charge in [0.1, 0.15) is 0 Å². The molecule has 0 saturated heterocycles. The van der Waals surface area contributed by atoms with Gasteiger partial charge in [0.25, 0.3) is 0 Å². The standard InChI is InChI=1S/C12H18N2OS/c1-9-3-4-11(10(2)7-9)8-14-12(16)13-5-6-15/h3-4,7,15H,5-6,8H2,1-2H3,(H2,13,14,16). The molecule has 0 atom stereocenters. The molecule has 1 aromatic carbocycles. The molecule has 0 spiro atoms. The Bertz CT molecular complexity index is 366. The maximum absolute atomic E-state index is 8.63. The molecule has 1 rings (SSSR count). The van der Waals surface area contributed by atoms with Gasteiger partial charge >= 0.3 is 0 Å². The zero-order chi connectivity index (χ0) is 12.0. The number of aliphatic hydroxyl groups excluding tert-OH is 1. The average molecular weight is 238 g/mol. The Kier molecular flexibility index (Phi) is 5.22. The van der Waals surface area contributed by atoms with Gasteiger partial charge in [-0.3, -0.25) is 0 Å². The van der Waals surface area contributed by atoms with E-state index in [-0.39, 0.29) is 6.61 Å². The van der Waals surface area contributed by atoms with Crippen molar-refractivity contribution in [1.29, 1.82) is 0 Å². The van der Waals surface area contributed by atoms with Crippen LogP contribution in [0.4, 0.5) is 0 Å². The van der Waals surface area contributed by atoms with E-state index < -0.39 is 0 Å². The minimum Gasteiger partial charge on any atom is -0.395 e. The third kappa shape index (κ3) is 4.16. The minimum atomic E-state index is 0.0887. The van der Waals surface area contributed by atoms with Gasteiger partial charge in [-0.2, -0.15) is 0 Å². The van der Waals surface area contributed by atoms with Gasteiger partial charge in [-0.25, -0.2) is 0 Å². The lowest BCUT2D eigenvalue weighted by molar-refractivity contribution is 0.300. The van der Waals surface area contributed by atoms with Gasteiger partial charge in [-0.1, -0.05) is 23.8 Å². The Morgan fingerprint density at radius 3 is 2.69 bits per heavy atom. The maximum Gasteiger partial charge on any atom is 0.166 e. The van der Waals surface area contributed by atoms with E-state index in [1.54, 1.807) is 0 Å². The van der Waals surface area contributed by atoms with Crippen molar-refractivity contribution in [3.63, 3.8) is 0 Å². The van der Waals surface area contributed by atoms with Crippen LogP contribution >= 0.6 is 12.2 Å². The summed E-state index contributed by atoms with van der Waals surface area (Å²) in [4.78, 5) is 0. The van der Waals surface area contributed by atoms with Crippen LogP contribution in [0.2, 0.25) is 0 Å².